The third kappa shape index (κ3) is 5.97. The summed E-state index contributed by atoms with van der Waals surface area (Å²) < 4.78 is 66.2. The number of benzene rings is 2. The van der Waals surface area contributed by atoms with Gasteiger partial charge in [-0.25, -0.2) is 8.78 Å². The minimum Gasteiger partial charge on any atom is -0.399 e. The van der Waals surface area contributed by atoms with Crippen LogP contribution in [0.5, 0.6) is 0 Å². The third-order valence-corrected chi connectivity index (χ3v) is 4.77. The first-order valence-electron chi connectivity index (χ1n) is 9.31. The van der Waals surface area contributed by atoms with Crippen LogP contribution in [0, 0.1) is 11.6 Å². The summed E-state index contributed by atoms with van der Waals surface area (Å²) in [5.41, 5.74) is 4.69. The molecule has 3 nitrogen and oxygen atoms in total. The van der Waals surface area contributed by atoms with Crippen LogP contribution in [0.25, 0.3) is 11.3 Å². The first kappa shape index (κ1) is 25.1. The SMILES string of the molecule is C=CCC(Cl)n1ccc(C(F)(F)F)c1-c1ccc(N)cc1.CC(=O)c1c(F)cccc1F. The van der Waals surface area contributed by atoms with Crippen LogP contribution in [0.2, 0.25) is 0 Å². The molecule has 0 spiro atoms. The fourth-order valence-electron chi connectivity index (χ4n) is 2.94. The maximum atomic E-state index is 13.2. The third-order valence-electron chi connectivity index (χ3n) is 4.38. The van der Waals surface area contributed by atoms with Gasteiger partial charge >= 0.3 is 6.18 Å². The van der Waals surface area contributed by atoms with Gasteiger partial charge in [-0.2, -0.15) is 13.2 Å². The van der Waals surface area contributed by atoms with Crippen molar-refractivity contribution in [1.29, 1.82) is 0 Å². The molecule has 0 aliphatic heterocycles. The van der Waals surface area contributed by atoms with E-state index in [1.54, 1.807) is 30.3 Å². The van der Waals surface area contributed by atoms with Crippen LogP contribution in [0.4, 0.5) is 27.6 Å². The summed E-state index contributed by atoms with van der Waals surface area (Å²) in [6.45, 7) is 4.69. The van der Waals surface area contributed by atoms with Gasteiger partial charge in [-0.1, -0.05) is 35.9 Å². The average Bonchev–Trinajstić information content (AvgIpc) is 3.15. The smallest absolute Gasteiger partial charge is 0.399 e. The molecule has 0 bridgehead atoms. The van der Waals surface area contributed by atoms with E-state index >= 15 is 0 Å². The van der Waals surface area contributed by atoms with E-state index in [0.717, 1.165) is 25.1 Å². The molecule has 0 aliphatic carbocycles. The summed E-state index contributed by atoms with van der Waals surface area (Å²) in [6, 6.07) is 10.6. The van der Waals surface area contributed by atoms with Crippen LogP contribution < -0.4 is 5.73 Å². The molecule has 1 heterocycles. The number of rotatable bonds is 5. The summed E-state index contributed by atoms with van der Waals surface area (Å²) >= 11 is 6.16. The van der Waals surface area contributed by atoms with E-state index in [1.165, 1.54) is 16.8 Å². The van der Waals surface area contributed by atoms with Gasteiger partial charge in [-0.05, 0) is 49.2 Å². The first-order chi connectivity index (χ1) is 15.0. The molecular weight excluding hydrogens is 451 g/mol. The summed E-state index contributed by atoms with van der Waals surface area (Å²) in [4.78, 5) is 10.6. The van der Waals surface area contributed by atoms with Gasteiger partial charge in [-0.3, -0.25) is 4.79 Å². The number of nitrogens with two attached hydrogens (primary N) is 1. The van der Waals surface area contributed by atoms with Crippen molar-refractivity contribution in [2.45, 2.75) is 25.0 Å². The number of alkyl halides is 4. The fraction of sp³-hybridized carbons (Fsp3) is 0.174. The van der Waals surface area contributed by atoms with Crippen LogP contribution in [0.1, 0.15) is 34.8 Å². The molecule has 0 aliphatic rings. The van der Waals surface area contributed by atoms with E-state index in [0.29, 0.717) is 17.7 Å². The lowest BCUT2D eigenvalue weighted by Crippen LogP contribution is -2.09. The second kappa shape index (κ2) is 10.5. The Morgan fingerprint density at radius 1 is 1.12 bits per heavy atom. The highest BCUT2D eigenvalue weighted by molar-refractivity contribution is 6.19. The molecule has 0 saturated carbocycles. The number of nitrogens with zero attached hydrogens (tertiary/aromatic N) is 1. The topological polar surface area (TPSA) is 48.0 Å². The first-order valence-corrected chi connectivity index (χ1v) is 9.74. The molecule has 2 aromatic carbocycles. The van der Waals surface area contributed by atoms with E-state index in [-0.39, 0.29) is 5.69 Å². The summed E-state index contributed by atoms with van der Waals surface area (Å²) in [5.74, 6) is -2.21. The van der Waals surface area contributed by atoms with E-state index in [2.05, 4.69) is 6.58 Å². The predicted octanol–water partition coefficient (Wildman–Crippen LogP) is 7.24. The van der Waals surface area contributed by atoms with Gasteiger partial charge in [0.15, 0.2) is 5.78 Å². The van der Waals surface area contributed by atoms with Crippen LogP contribution in [-0.4, -0.2) is 10.4 Å². The maximum absolute atomic E-state index is 13.2. The number of anilines is 1. The quantitative estimate of drug-likeness (QED) is 0.140. The molecule has 32 heavy (non-hydrogen) atoms. The van der Waals surface area contributed by atoms with Gasteiger partial charge < -0.3 is 10.3 Å². The van der Waals surface area contributed by atoms with E-state index in [9.17, 15) is 26.7 Å². The van der Waals surface area contributed by atoms with Crippen LogP contribution in [0.3, 0.4) is 0 Å². The van der Waals surface area contributed by atoms with Crippen molar-refractivity contribution in [3.8, 4) is 11.3 Å². The second-order valence-corrected chi connectivity index (χ2v) is 7.22. The molecule has 1 unspecified atom stereocenters. The molecule has 0 radical (unpaired) electrons. The van der Waals surface area contributed by atoms with Gasteiger partial charge in [0, 0.05) is 11.9 Å². The highest BCUT2D eigenvalue weighted by atomic mass is 35.5. The average molecular weight is 471 g/mol. The predicted molar refractivity (Wildman–Crippen MR) is 115 cm³/mol. The molecule has 0 fully saturated rings. The lowest BCUT2D eigenvalue weighted by Gasteiger charge is -2.17. The number of carbonyl (C=O) groups is 1. The zero-order valence-corrected chi connectivity index (χ0v) is 17.7. The number of aromatic nitrogens is 1. The lowest BCUT2D eigenvalue weighted by atomic mass is 10.1. The number of ketones is 1. The fourth-order valence-corrected chi connectivity index (χ4v) is 3.23. The van der Waals surface area contributed by atoms with Gasteiger partial charge in [0.2, 0.25) is 0 Å². The normalized spacial score (nSPS) is 12.0. The zero-order chi connectivity index (χ0) is 24.1. The van der Waals surface area contributed by atoms with Gasteiger partial charge in [0.25, 0.3) is 0 Å². The Balaban J connectivity index is 0.000000278. The number of Topliss-reactive ketones (excluding diaryl/α,β-unsaturated/α-hetero) is 1. The summed E-state index contributed by atoms with van der Waals surface area (Å²) in [6.07, 6.45) is -1.18. The molecular formula is C23H20ClF5N2O. The summed E-state index contributed by atoms with van der Waals surface area (Å²) in [5, 5.41) is 0. The molecule has 2 N–H and O–H groups in total. The Morgan fingerprint density at radius 2 is 1.69 bits per heavy atom. The Kier molecular flexibility index (Phi) is 8.21. The van der Waals surface area contributed by atoms with Crippen molar-refractivity contribution < 1.29 is 26.7 Å². The number of nitrogen functional groups attached to an aromatic ring is 1. The van der Waals surface area contributed by atoms with Crippen molar-refractivity contribution >= 4 is 23.1 Å². The zero-order valence-electron chi connectivity index (χ0n) is 17.0. The van der Waals surface area contributed by atoms with Gasteiger partial charge in [0.05, 0.1) is 16.8 Å². The highest BCUT2D eigenvalue weighted by Gasteiger charge is 2.36. The largest absolute Gasteiger partial charge is 0.418 e. The van der Waals surface area contributed by atoms with Crippen LogP contribution in [0.15, 0.2) is 67.4 Å². The maximum Gasteiger partial charge on any atom is 0.418 e. The van der Waals surface area contributed by atoms with Crippen LogP contribution >= 0.6 is 11.6 Å². The van der Waals surface area contributed by atoms with Crippen molar-refractivity contribution in [1.82, 2.24) is 4.57 Å². The standard InChI is InChI=1S/C15H14ClF3N2.C8H6F2O/c1-2-3-13(16)21-9-8-12(15(17,18)19)14(21)10-4-6-11(20)7-5-10;1-5(11)8-6(9)3-2-4-7(8)10/h2,4-9,13H,1,3,20H2;2-4H,1H3. The minimum absolute atomic E-state index is 0.0318. The molecule has 3 aromatic rings. The van der Waals surface area contributed by atoms with Gasteiger partial charge in [0.1, 0.15) is 17.1 Å². The molecule has 3 rings (SSSR count). The minimum atomic E-state index is -4.45. The monoisotopic (exact) mass is 470 g/mol. The number of allylic oxidation sites excluding steroid dienone is 1. The van der Waals surface area contributed by atoms with Crippen molar-refractivity contribution in [3.63, 3.8) is 0 Å². The van der Waals surface area contributed by atoms with Gasteiger partial charge in [-0.15, -0.1) is 6.58 Å². The Hall–Kier alpha value is -3.13. The number of halogens is 6. The molecule has 9 heteroatoms. The molecule has 170 valence electrons. The molecule has 0 amide bonds. The van der Waals surface area contributed by atoms with Crippen molar-refractivity contribution in [2.24, 2.45) is 0 Å². The Morgan fingerprint density at radius 3 is 2.12 bits per heavy atom. The molecule has 1 atom stereocenters. The molecule has 0 saturated heterocycles. The summed E-state index contributed by atoms with van der Waals surface area (Å²) in [7, 11) is 0. The van der Waals surface area contributed by atoms with Crippen LogP contribution in [-0.2, 0) is 6.18 Å². The Labute approximate surface area is 186 Å². The Bertz CT molecular complexity index is 1070. The second-order valence-electron chi connectivity index (χ2n) is 6.72. The number of hydrogen-bond donors (Lipinski definition) is 1. The van der Waals surface area contributed by atoms with E-state index < -0.39 is 40.2 Å². The number of hydrogen-bond acceptors (Lipinski definition) is 2. The van der Waals surface area contributed by atoms with E-state index in [4.69, 9.17) is 17.3 Å². The van der Waals surface area contributed by atoms with Crippen molar-refractivity contribution in [2.75, 3.05) is 5.73 Å². The highest BCUT2D eigenvalue weighted by Crippen LogP contribution is 2.40. The molecule has 1 aromatic heterocycles. The number of carbonyl (C=O) groups excluding carboxylic acids is 1. The lowest BCUT2D eigenvalue weighted by molar-refractivity contribution is -0.137. The van der Waals surface area contributed by atoms with E-state index in [1.807, 2.05) is 0 Å². The van der Waals surface area contributed by atoms with Crippen molar-refractivity contribution in [3.05, 3.63) is 90.1 Å².